The molecule has 0 radical (unpaired) electrons. The van der Waals surface area contributed by atoms with Gasteiger partial charge < -0.3 is 5.73 Å². The van der Waals surface area contributed by atoms with Crippen LogP contribution in [0.15, 0.2) is 35.1 Å². The number of nitrogen functional groups attached to an aromatic ring is 1. The number of aromatic nitrogens is 3. The summed E-state index contributed by atoms with van der Waals surface area (Å²) in [6.07, 6.45) is 0. The Labute approximate surface area is 73.8 Å². The third-order valence-electron chi connectivity index (χ3n) is 1.65. The van der Waals surface area contributed by atoms with Gasteiger partial charge in [-0.2, -0.15) is 4.80 Å². The van der Waals surface area contributed by atoms with Gasteiger partial charge in [-0.15, -0.1) is 5.10 Å². The van der Waals surface area contributed by atoms with E-state index in [4.69, 9.17) is 5.73 Å². The normalized spacial score (nSPS) is 10.2. The Morgan fingerprint density at radius 3 is 2.54 bits per heavy atom. The van der Waals surface area contributed by atoms with Gasteiger partial charge in [0, 0.05) is 0 Å². The van der Waals surface area contributed by atoms with Crippen molar-refractivity contribution in [3.8, 4) is 5.69 Å². The van der Waals surface area contributed by atoms with Crippen LogP contribution < -0.4 is 11.3 Å². The van der Waals surface area contributed by atoms with E-state index >= 15 is 0 Å². The number of aromatic amines is 1. The first-order chi connectivity index (χ1) is 6.27. The highest BCUT2D eigenvalue weighted by molar-refractivity contribution is 5.31. The lowest BCUT2D eigenvalue weighted by Gasteiger charge is -1.97. The van der Waals surface area contributed by atoms with Crippen molar-refractivity contribution in [2.24, 2.45) is 0 Å². The lowest BCUT2D eigenvalue weighted by Crippen LogP contribution is -2.06. The van der Waals surface area contributed by atoms with Crippen LogP contribution in [-0.2, 0) is 0 Å². The average molecular weight is 176 g/mol. The maximum absolute atomic E-state index is 10.9. The highest BCUT2D eigenvalue weighted by Crippen LogP contribution is 2.01. The Morgan fingerprint density at radius 1 is 1.31 bits per heavy atom. The average Bonchev–Trinajstić information content (AvgIpc) is 2.49. The van der Waals surface area contributed by atoms with Crippen LogP contribution in [-0.4, -0.2) is 15.0 Å². The van der Waals surface area contributed by atoms with Gasteiger partial charge in [-0.3, -0.25) is 4.79 Å². The molecule has 5 heteroatoms. The third kappa shape index (κ3) is 1.31. The van der Waals surface area contributed by atoms with Crippen LogP contribution >= 0.6 is 0 Å². The van der Waals surface area contributed by atoms with Gasteiger partial charge in [0.1, 0.15) is 0 Å². The van der Waals surface area contributed by atoms with E-state index in [1.54, 1.807) is 0 Å². The molecule has 66 valence electrons. The lowest BCUT2D eigenvalue weighted by atomic mass is 10.3. The van der Waals surface area contributed by atoms with Gasteiger partial charge in [-0.25, -0.2) is 5.10 Å². The second kappa shape index (κ2) is 2.78. The number of anilines is 1. The fourth-order valence-corrected chi connectivity index (χ4v) is 1.02. The molecule has 0 saturated heterocycles. The van der Waals surface area contributed by atoms with Crippen LogP contribution in [0.3, 0.4) is 0 Å². The van der Waals surface area contributed by atoms with Crippen LogP contribution in [0.1, 0.15) is 0 Å². The molecule has 13 heavy (non-hydrogen) atoms. The van der Waals surface area contributed by atoms with Crippen molar-refractivity contribution in [1.82, 2.24) is 15.0 Å². The molecule has 0 aliphatic rings. The molecule has 1 aromatic carbocycles. The van der Waals surface area contributed by atoms with Crippen molar-refractivity contribution in [2.45, 2.75) is 0 Å². The van der Waals surface area contributed by atoms with Crippen molar-refractivity contribution in [1.29, 1.82) is 0 Å². The molecule has 0 amide bonds. The smallest absolute Gasteiger partial charge is 0.308 e. The van der Waals surface area contributed by atoms with Crippen LogP contribution in [0.25, 0.3) is 5.69 Å². The minimum absolute atomic E-state index is 0.0242. The third-order valence-corrected chi connectivity index (χ3v) is 1.65. The standard InChI is InChI=1S/C8H8N4O/c9-7-8(13)11-12(10-7)6-4-2-1-3-5-6/h1-5H,(H2,9,10)(H,11,13). The molecule has 2 aromatic rings. The molecule has 0 saturated carbocycles. The maximum Gasteiger partial charge on any atom is 0.308 e. The van der Waals surface area contributed by atoms with Crippen molar-refractivity contribution < 1.29 is 0 Å². The van der Waals surface area contributed by atoms with E-state index in [1.807, 2.05) is 30.3 Å². The quantitative estimate of drug-likeness (QED) is 0.649. The number of hydrogen-bond donors (Lipinski definition) is 2. The van der Waals surface area contributed by atoms with E-state index in [1.165, 1.54) is 4.80 Å². The summed E-state index contributed by atoms with van der Waals surface area (Å²) in [6, 6.07) is 9.23. The molecule has 2 rings (SSSR count). The number of benzene rings is 1. The highest BCUT2D eigenvalue weighted by atomic mass is 16.1. The van der Waals surface area contributed by atoms with Gasteiger partial charge in [0.05, 0.1) is 5.69 Å². The highest BCUT2D eigenvalue weighted by Gasteiger charge is 2.01. The van der Waals surface area contributed by atoms with Crippen molar-refractivity contribution in [2.75, 3.05) is 5.73 Å². The van der Waals surface area contributed by atoms with E-state index in [2.05, 4.69) is 10.2 Å². The number of rotatable bonds is 1. The van der Waals surface area contributed by atoms with Crippen molar-refractivity contribution in [3.05, 3.63) is 40.7 Å². The molecule has 0 spiro atoms. The van der Waals surface area contributed by atoms with Crippen molar-refractivity contribution in [3.63, 3.8) is 0 Å². The molecule has 0 bridgehead atoms. The monoisotopic (exact) mass is 176 g/mol. The molecular weight excluding hydrogens is 168 g/mol. The zero-order chi connectivity index (χ0) is 9.26. The van der Waals surface area contributed by atoms with E-state index in [0.29, 0.717) is 0 Å². The largest absolute Gasteiger partial charge is 0.378 e. The molecule has 0 atom stereocenters. The van der Waals surface area contributed by atoms with E-state index in [9.17, 15) is 4.79 Å². The zero-order valence-electron chi connectivity index (χ0n) is 6.77. The Bertz CT molecular complexity index is 456. The molecule has 0 aliphatic heterocycles. The Morgan fingerprint density at radius 2 is 2.00 bits per heavy atom. The number of hydrogen-bond acceptors (Lipinski definition) is 3. The second-order valence-corrected chi connectivity index (χ2v) is 2.57. The molecule has 1 heterocycles. The first kappa shape index (κ1) is 7.60. The Balaban J connectivity index is 2.54. The van der Waals surface area contributed by atoms with E-state index in [0.717, 1.165) is 5.69 Å². The molecule has 0 aliphatic carbocycles. The summed E-state index contributed by atoms with van der Waals surface area (Å²) in [4.78, 5) is 12.3. The van der Waals surface area contributed by atoms with Crippen LogP contribution in [0.2, 0.25) is 0 Å². The van der Waals surface area contributed by atoms with Crippen LogP contribution in [0, 0.1) is 0 Å². The number of nitrogens with two attached hydrogens (primary N) is 1. The van der Waals surface area contributed by atoms with Gasteiger partial charge >= 0.3 is 5.56 Å². The predicted molar refractivity (Wildman–Crippen MR) is 48.6 cm³/mol. The predicted octanol–water partition coefficient (Wildman–Crippen LogP) is 0.143. The zero-order valence-corrected chi connectivity index (χ0v) is 6.77. The Kier molecular flexibility index (Phi) is 1.63. The number of nitrogens with one attached hydrogen (secondary N) is 1. The topological polar surface area (TPSA) is 76.7 Å². The minimum atomic E-state index is -0.371. The van der Waals surface area contributed by atoms with E-state index < -0.39 is 0 Å². The summed E-state index contributed by atoms with van der Waals surface area (Å²) in [7, 11) is 0. The summed E-state index contributed by atoms with van der Waals surface area (Å²) < 4.78 is 0. The van der Waals surface area contributed by atoms with Gasteiger partial charge in [0.2, 0.25) is 5.82 Å². The van der Waals surface area contributed by atoms with Crippen LogP contribution in [0.4, 0.5) is 5.82 Å². The summed E-state index contributed by atoms with van der Waals surface area (Å²) in [6.45, 7) is 0. The minimum Gasteiger partial charge on any atom is -0.378 e. The second-order valence-electron chi connectivity index (χ2n) is 2.57. The maximum atomic E-state index is 10.9. The summed E-state index contributed by atoms with van der Waals surface area (Å²) >= 11 is 0. The van der Waals surface area contributed by atoms with Crippen molar-refractivity contribution >= 4 is 5.82 Å². The lowest BCUT2D eigenvalue weighted by molar-refractivity contribution is 0.747. The van der Waals surface area contributed by atoms with Gasteiger partial charge in [0.15, 0.2) is 0 Å². The fraction of sp³-hybridized carbons (Fsp3) is 0. The molecular formula is C8H8N4O. The number of H-pyrrole nitrogens is 1. The number of para-hydroxylation sites is 1. The fourth-order valence-electron chi connectivity index (χ4n) is 1.02. The summed E-state index contributed by atoms with van der Waals surface area (Å²) in [5, 5.41) is 6.29. The Hall–Kier alpha value is -2.04. The summed E-state index contributed by atoms with van der Waals surface area (Å²) in [5.74, 6) is -0.0242. The van der Waals surface area contributed by atoms with Gasteiger partial charge in [-0.1, -0.05) is 18.2 Å². The molecule has 1 aromatic heterocycles. The molecule has 5 nitrogen and oxygen atoms in total. The SMILES string of the molecule is Nc1nn(-c2ccccc2)[nH]c1=O. The van der Waals surface area contributed by atoms with E-state index in [-0.39, 0.29) is 11.4 Å². The van der Waals surface area contributed by atoms with Gasteiger partial charge in [0.25, 0.3) is 0 Å². The van der Waals surface area contributed by atoms with Crippen LogP contribution in [0.5, 0.6) is 0 Å². The molecule has 3 N–H and O–H groups in total. The van der Waals surface area contributed by atoms with Gasteiger partial charge in [-0.05, 0) is 12.1 Å². The molecule has 0 unspecified atom stereocenters. The number of nitrogens with zero attached hydrogens (tertiary/aromatic N) is 2. The molecule has 0 fully saturated rings. The first-order valence-corrected chi connectivity index (χ1v) is 3.77. The summed E-state index contributed by atoms with van der Waals surface area (Å²) in [5.41, 5.74) is 5.71. The first-order valence-electron chi connectivity index (χ1n) is 3.77.